The molecule has 1 heterocycles. The summed E-state index contributed by atoms with van der Waals surface area (Å²) < 4.78 is 16.9. The Hall–Kier alpha value is -2.05. The van der Waals surface area contributed by atoms with Crippen molar-refractivity contribution in [3.05, 3.63) is 49.1 Å². The molecule has 1 aliphatic heterocycles. The lowest BCUT2D eigenvalue weighted by molar-refractivity contribution is 0.0898. The molecule has 1 N–H and O–H groups in total. The quantitative estimate of drug-likeness (QED) is 0.499. The lowest BCUT2D eigenvalue weighted by Crippen LogP contribution is -2.43. The van der Waals surface area contributed by atoms with Gasteiger partial charge in [-0.15, -0.1) is 6.58 Å². The van der Waals surface area contributed by atoms with Crippen molar-refractivity contribution in [2.75, 3.05) is 33.4 Å². The number of ether oxygens (including phenoxy) is 3. The topological polar surface area (TPSA) is 43.0 Å². The molecule has 0 radical (unpaired) electrons. The van der Waals surface area contributed by atoms with E-state index in [0.717, 1.165) is 31.6 Å². The van der Waals surface area contributed by atoms with Gasteiger partial charge in [-0.05, 0) is 42.8 Å². The van der Waals surface area contributed by atoms with Gasteiger partial charge in [-0.25, -0.2) is 0 Å². The van der Waals surface area contributed by atoms with Crippen LogP contribution in [0.5, 0.6) is 11.5 Å². The Bertz CT molecular complexity index is 615. The molecule has 26 heavy (non-hydrogen) atoms. The van der Waals surface area contributed by atoms with Crippen LogP contribution >= 0.6 is 12.2 Å². The molecule has 1 aromatic carbocycles. The second-order valence-electron chi connectivity index (χ2n) is 6.08. The van der Waals surface area contributed by atoms with Gasteiger partial charge in [0.05, 0.1) is 13.2 Å². The number of nitrogens with one attached hydrogen (secondary N) is 1. The van der Waals surface area contributed by atoms with Crippen molar-refractivity contribution in [3.8, 4) is 11.5 Å². The van der Waals surface area contributed by atoms with Gasteiger partial charge >= 0.3 is 0 Å². The molecule has 142 valence electrons. The Morgan fingerprint density at radius 1 is 1.38 bits per heavy atom. The molecular formula is C20H28N2O3S. The summed E-state index contributed by atoms with van der Waals surface area (Å²) >= 11 is 5.56. The van der Waals surface area contributed by atoms with Gasteiger partial charge in [-0.3, -0.25) is 0 Å². The first-order valence-electron chi connectivity index (χ1n) is 8.83. The van der Waals surface area contributed by atoms with Gasteiger partial charge in [0, 0.05) is 26.2 Å². The highest BCUT2D eigenvalue weighted by Gasteiger charge is 2.21. The van der Waals surface area contributed by atoms with Crippen molar-refractivity contribution < 1.29 is 14.2 Å². The number of benzene rings is 1. The van der Waals surface area contributed by atoms with Gasteiger partial charge in [-0.2, -0.15) is 0 Å². The van der Waals surface area contributed by atoms with Crippen molar-refractivity contribution in [2.24, 2.45) is 0 Å². The summed E-state index contributed by atoms with van der Waals surface area (Å²) in [6, 6.07) is 5.93. The fourth-order valence-corrected chi connectivity index (χ4v) is 3.05. The third-order valence-electron chi connectivity index (χ3n) is 4.09. The first-order chi connectivity index (χ1) is 12.7. The van der Waals surface area contributed by atoms with Crippen molar-refractivity contribution in [1.29, 1.82) is 0 Å². The molecule has 2 rings (SSSR count). The van der Waals surface area contributed by atoms with Crippen molar-refractivity contribution >= 4 is 17.3 Å². The summed E-state index contributed by atoms with van der Waals surface area (Å²) in [5, 5.41) is 3.91. The van der Waals surface area contributed by atoms with Crippen LogP contribution in [0.1, 0.15) is 18.4 Å². The number of thiocarbonyl (C=S) groups is 1. The van der Waals surface area contributed by atoms with Gasteiger partial charge in [0.1, 0.15) is 6.61 Å². The highest BCUT2D eigenvalue weighted by molar-refractivity contribution is 7.80. The molecule has 0 amide bonds. The van der Waals surface area contributed by atoms with Gasteiger partial charge in [-0.1, -0.05) is 24.8 Å². The molecule has 5 nitrogen and oxygen atoms in total. The zero-order valence-electron chi connectivity index (χ0n) is 15.4. The summed E-state index contributed by atoms with van der Waals surface area (Å²) in [7, 11) is 1.64. The predicted molar refractivity (Wildman–Crippen MR) is 109 cm³/mol. The maximum Gasteiger partial charge on any atom is 0.169 e. The number of methoxy groups -OCH3 is 1. The summed E-state index contributed by atoms with van der Waals surface area (Å²) in [5.41, 5.74) is 1.09. The van der Waals surface area contributed by atoms with E-state index in [1.54, 1.807) is 19.3 Å². The lowest BCUT2D eigenvalue weighted by Gasteiger charge is -2.28. The highest BCUT2D eigenvalue weighted by atomic mass is 32.1. The SMILES string of the molecule is C=CCNC(=S)N(Cc1ccc(OCC=C)c(OC)c1)C[C@@H]1CCCO1. The molecule has 1 aliphatic rings. The van der Waals surface area contributed by atoms with E-state index in [4.69, 9.17) is 26.4 Å². The van der Waals surface area contributed by atoms with Crippen LogP contribution in [-0.4, -0.2) is 49.5 Å². The smallest absolute Gasteiger partial charge is 0.169 e. The third kappa shape index (κ3) is 6.04. The first kappa shape index (κ1) is 20.3. The number of nitrogens with zero attached hydrogens (tertiary/aromatic N) is 1. The van der Waals surface area contributed by atoms with E-state index in [1.807, 2.05) is 18.2 Å². The molecule has 1 fully saturated rings. The van der Waals surface area contributed by atoms with E-state index in [-0.39, 0.29) is 6.10 Å². The van der Waals surface area contributed by atoms with Crippen LogP contribution in [0.15, 0.2) is 43.5 Å². The Labute approximate surface area is 161 Å². The molecule has 1 saturated heterocycles. The molecule has 0 spiro atoms. The van der Waals surface area contributed by atoms with Gasteiger partial charge in [0.15, 0.2) is 16.6 Å². The Kier molecular flexibility index (Phi) is 8.44. The van der Waals surface area contributed by atoms with Gasteiger partial charge < -0.3 is 24.4 Å². The second-order valence-corrected chi connectivity index (χ2v) is 6.46. The highest BCUT2D eigenvalue weighted by Crippen LogP contribution is 2.29. The van der Waals surface area contributed by atoms with Crippen molar-refractivity contribution in [3.63, 3.8) is 0 Å². The molecule has 0 aromatic heterocycles. The van der Waals surface area contributed by atoms with E-state index in [1.165, 1.54) is 0 Å². The summed E-state index contributed by atoms with van der Waals surface area (Å²) in [6.07, 6.45) is 5.90. The number of hydrogen-bond acceptors (Lipinski definition) is 4. The number of hydrogen-bond donors (Lipinski definition) is 1. The minimum absolute atomic E-state index is 0.218. The van der Waals surface area contributed by atoms with E-state index in [2.05, 4.69) is 23.4 Å². The van der Waals surface area contributed by atoms with Crippen molar-refractivity contribution in [1.82, 2.24) is 10.2 Å². The zero-order valence-corrected chi connectivity index (χ0v) is 16.2. The van der Waals surface area contributed by atoms with Crippen LogP contribution in [0, 0.1) is 0 Å². The van der Waals surface area contributed by atoms with Crippen LogP contribution in [0.2, 0.25) is 0 Å². The van der Waals surface area contributed by atoms with Crippen molar-refractivity contribution in [2.45, 2.75) is 25.5 Å². The second kappa shape index (κ2) is 10.8. The number of rotatable bonds is 10. The van der Waals surface area contributed by atoms with E-state index < -0.39 is 0 Å². The summed E-state index contributed by atoms with van der Waals surface area (Å²) in [6.45, 7) is 10.7. The Morgan fingerprint density at radius 2 is 2.23 bits per heavy atom. The Balaban J connectivity index is 2.10. The van der Waals surface area contributed by atoms with E-state index in [9.17, 15) is 0 Å². The molecule has 6 heteroatoms. The largest absolute Gasteiger partial charge is 0.493 e. The van der Waals surface area contributed by atoms with Gasteiger partial charge in [0.2, 0.25) is 0 Å². The van der Waals surface area contributed by atoms with Crippen LogP contribution < -0.4 is 14.8 Å². The maximum absolute atomic E-state index is 5.78. The van der Waals surface area contributed by atoms with E-state index in [0.29, 0.717) is 36.3 Å². The first-order valence-corrected chi connectivity index (χ1v) is 9.24. The fraction of sp³-hybridized carbons (Fsp3) is 0.450. The molecule has 0 unspecified atom stereocenters. The predicted octanol–water partition coefficient (Wildman–Crippen LogP) is 3.30. The molecule has 1 atom stereocenters. The summed E-state index contributed by atoms with van der Waals surface area (Å²) in [4.78, 5) is 2.13. The van der Waals surface area contributed by atoms with Crippen LogP contribution in [-0.2, 0) is 11.3 Å². The average molecular weight is 377 g/mol. The molecule has 1 aromatic rings. The maximum atomic E-state index is 5.78. The van der Waals surface area contributed by atoms with Gasteiger partial charge in [0.25, 0.3) is 0 Å². The molecule has 0 aliphatic carbocycles. The minimum atomic E-state index is 0.218. The van der Waals surface area contributed by atoms with Crippen LogP contribution in [0.25, 0.3) is 0 Å². The van der Waals surface area contributed by atoms with Crippen LogP contribution in [0.4, 0.5) is 0 Å². The lowest BCUT2D eigenvalue weighted by atomic mass is 10.1. The standard InChI is InChI=1S/C20H28N2O3S/c1-4-10-21-20(26)22(15-17-7-6-12-24-17)14-16-8-9-18(25-11-5-2)19(13-16)23-3/h4-5,8-9,13,17H,1-2,6-7,10-12,14-15H2,3H3,(H,21,26)/t17-/m0/s1. The molecular weight excluding hydrogens is 348 g/mol. The Morgan fingerprint density at radius 3 is 2.88 bits per heavy atom. The fourth-order valence-electron chi connectivity index (χ4n) is 2.82. The average Bonchev–Trinajstić information content (AvgIpc) is 3.17. The molecule has 0 bridgehead atoms. The zero-order chi connectivity index (χ0) is 18.8. The monoisotopic (exact) mass is 376 g/mol. The third-order valence-corrected chi connectivity index (χ3v) is 4.49. The summed E-state index contributed by atoms with van der Waals surface area (Å²) in [5.74, 6) is 1.40. The normalized spacial score (nSPS) is 16.0. The van der Waals surface area contributed by atoms with Crippen LogP contribution in [0.3, 0.4) is 0 Å². The molecule has 0 saturated carbocycles. The van der Waals surface area contributed by atoms with E-state index >= 15 is 0 Å². The minimum Gasteiger partial charge on any atom is -0.493 e.